The number of ether oxygens (including phenoxy) is 1. The van der Waals surface area contributed by atoms with E-state index >= 15 is 0 Å². The summed E-state index contributed by atoms with van der Waals surface area (Å²) in [6, 6.07) is 8.57. The van der Waals surface area contributed by atoms with Crippen LogP contribution in [0.2, 0.25) is 0 Å². The lowest BCUT2D eigenvalue weighted by molar-refractivity contribution is -0.150. The highest BCUT2D eigenvalue weighted by Crippen LogP contribution is 2.38. The second kappa shape index (κ2) is 9.33. The van der Waals surface area contributed by atoms with Gasteiger partial charge >= 0.3 is 0 Å². The summed E-state index contributed by atoms with van der Waals surface area (Å²) < 4.78 is 4.93. The number of carbonyl (C=O) groups is 2. The van der Waals surface area contributed by atoms with Gasteiger partial charge in [-0.15, -0.1) is 0 Å². The van der Waals surface area contributed by atoms with Crippen LogP contribution in [0.25, 0.3) is 0 Å². The number of rotatable bonds is 7. The highest BCUT2D eigenvalue weighted by molar-refractivity contribution is 5.80. The van der Waals surface area contributed by atoms with Crippen LogP contribution in [0.1, 0.15) is 51.6 Å². The Labute approximate surface area is 161 Å². The summed E-state index contributed by atoms with van der Waals surface area (Å²) in [4.78, 5) is 27.3. The third-order valence-electron chi connectivity index (χ3n) is 5.53. The van der Waals surface area contributed by atoms with Gasteiger partial charge in [0, 0.05) is 19.6 Å². The molecule has 0 unspecified atom stereocenters. The van der Waals surface area contributed by atoms with E-state index in [4.69, 9.17) is 4.74 Å². The van der Waals surface area contributed by atoms with Gasteiger partial charge in [0.2, 0.25) is 11.8 Å². The van der Waals surface area contributed by atoms with Crippen molar-refractivity contribution < 1.29 is 19.4 Å². The van der Waals surface area contributed by atoms with Crippen LogP contribution >= 0.6 is 0 Å². The molecule has 150 valence electrons. The maximum absolute atomic E-state index is 13.2. The number of hydrogen-bond donors (Lipinski definition) is 2. The lowest BCUT2D eigenvalue weighted by atomic mass is 9.79. The van der Waals surface area contributed by atoms with Crippen molar-refractivity contribution in [1.82, 2.24) is 10.2 Å². The van der Waals surface area contributed by atoms with E-state index in [1.54, 1.807) is 6.92 Å². The molecule has 1 aliphatic heterocycles. The van der Waals surface area contributed by atoms with Gasteiger partial charge in [0.15, 0.2) is 0 Å². The molecular formula is C21H32N2O4. The lowest BCUT2D eigenvalue weighted by Crippen LogP contribution is -2.64. The zero-order chi connectivity index (χ0) is 20.0. The van der Waals surface area contributed by atoms with Gasteiger partial charge < -0.3 is 20.1 Å². The number of likely N-dealkylation sites (tertiary alicyclic amines) is 1. The van der Waals surface area contributed by atoms with Gasteiger partial charge in [0.1, 0.15) is 6.61 Å². The van der Waals surface area contributed by atoms with Crippen molar-refractivity contribution in [2.75, 3.05) is 20.3 Å². The number of piperidine rings is 1. The van der Waals surface area contributed by atoms with E-state index < -0.39 is 17.7 Å². The fourth-order valence-corrected chi connectivity index (χ4v) is 3.88. The summed E-state index contributed by atoms with van der Waals surface area (Å²) in [7, 11) is 1.45. The molecule has 0 aliphatic carbocycles. The molecule has 0 aromatic heterocycles. The van der Waals surface area contributed by atoms with Gasteiger partial charge in [-0.2, -0.15) is 0 Å². The topological polar surface area (TPSA) is 78.9 Å². The smallest absolute Gasteiger partial charge is 0.246 e. The Morgan fingerprint density at radius 1 is 1.30 bits per heavy atom. The van der Waals surface area contributed by atoms with Gasteiger partial charge in [-0.25, -0.2) is 0 Å². The third-order valence-corrected chi connectivity index (χ3v) is 5.53. The van der Waals surface area contributed by atoms with E-state index in [0.717, 1.165) is 18.4 Å². The number of methoxy groups -OCH3 is 1. The van der Waals surface area contributed by atoms with Crippen molar-refractivity contribution in [3.63, 3.8) is 0 Å². The SMILES string of the molecule is CCC(CC)C(=O)N1CC[C@@](C)(O)[C@@H](NC(=O)COC)[C@@H]1c1ccccc1. The highest BCUT2D eigenvalue weighted by Gasteiger charge is 2.48. The Morgan fingerprint density at radius 2 is 1.93 bits per heavy atom. The quantitative estimate of drug-likeness (QED) is 0.765. The van der Waals surface area contributed by atoms with Crippen LogP contribution in [0.5, 0.6) is 0 Å². The number of nitrogens with one attached hydrogen (secondary N) is 1. The third kappa shape index (κ3) is 4.87. The molecule has 0 radical (unpaired) electrons. The Kier molecular flexibility index (Phi) is 7.39. The molecule has 2 rings (SSSR count). The molecule has 1 fully saturated rings. The summed E-state index contributed by atoms with van der Waals surface area (Å²) in [5.41, 5.74) is -0.228. The fourth-order valence-electron chi connectivity index (χ4n) is 3.88. The van der Waals surface area contributed by atoms with Crippen LogP contribution < -0.4 is 5.32 Å². The maximum Gasteiger partial charge on any atom is 0.246 e. The second-order valence-corrected chi connectivity index (χ2v) is 7.49. The van der Waals surface area contributed by atoms with Gasteiger partial charge in [-0.1, -0.05) is 44.2 Å². The highest BCUT2D eigenvalue weighted by atomic mass is 16.5. The normalized spacial score (nSPS) is 25.5. The van der Waals surface area contributed by atoms with Gasteiger partial charge in [-0.3, -0.25) is 9.59 Å². The molecule has 1 aromatic rings. The molecule has 3 atom stereocenters. The number of nitrogens with zero attached hydrogens (tertiary/aromatic N) is 1. The molecule has 0 bridgehead atoms. The van der Waals surface area contributed by atoms with E-state index in [-0.39, 0.29) is 24.3 Å². The summed E-state index contributed by atoms with van der Waals surface area (Å²) in [6.45, 7) is 6.12. The average molecular weight is 376 g/mol. The van der Waals surface area contributed by atoms with Gasteiger partial charge in [0.05, 0.1) is 17.7 Å². The first-order valence-electron chi connectivity index (χ1n) is 9.71. The van der Waals surface area contributed by atoms with Crippen LogP contribution in [0, 0.1) is 5.92 Å². The number of hydrogen-bond acceptors (Lipinski definition) is 4. The van der Waals surface area contributed by atoms with Gasteiger partial charge in [-0.05, 0) is 31.7 Å². The fraction of sp³-hybridized carbons (Fsp3) is 0.619. The Balaban J connectivity index is 2.45. The Hall–Kier alpha value is -1.92. The van der Waals surface area contributed by atoms with E-state index in [2.05, 4.69) is 5.32 Å². The van der Waals surface area contributed by atoms with Crippen molar-refractivity contribution in [2.45, 2.75) is 57.7 Å². The molecule has 2 amide bonds. The van der Waals surface area contributed by atoms with Crippen LogP contribution in [-0.4, -0.2) is 53.7 Å². The monoisotopic (exact) mass is 376 g/mol. The molecule has 1 aromatic carbocycles. The molecule has 0 saturated carbocycles. The summed E-state index contributed by atoms with van der Waals surface area (Å²) in [6.07, 6.45) is 1.94. The van der Waals surface area contributed by atoms with Gasteiger partial charge in [0.25, 0.3) is 0 Å². The molecule has 1 heterocycles. The van der Waals surface area contributed by atoms with Crippen LogP contribution in [0.4, 0.5) is 0 Å². The molecule has 27 heavy (non-hydrogen) atoms. The van der Waals surface area contributed by atoms with E-state index in [0.29, 0.717) is 13.0 Å². The minimum absolute atomic E-state index is 0.0606. The predicted molar refractivity (Wildman–Crippen MR) is 104 cm³/mol. The number of carbonyl (C=O) groups excluding carboxylic acids is 2. The Morgan fingerprint density at radius 3 is 2.48 bits per heavy atom. The van der Waals surface area contributed by atoms with E-state index in [1.165, 1.54) is 7.11 Å². The average Bonchev–Trinajstić information content (AvgIpc) is 2.65. The first kappa shape index (κ1) is 21.4. The Bertz CT molecular complexity index is 628. The van der Waals surface area contributed by atoms with Crippen LogP contribution in [0.3, 0.4) is 0 Å². The van der Waals surface area contributed by atoms with Crippen molar-refractivity contribution in [1.29, 1.82) is 0 Å². The van der Waals surface area contributed by atoms with Crippen molar-refractivity contribution in [3.05, 3.63) is 35.9 Å². The number of benzene rings is 1. The predicted octanol–water partition coefficient (Wildman–Crippen LogP) is 2.28. The molecule has 0 spiro atoms. The lowest BCUT2D eigenvalue weighted by Gasteiger charge is -2.49. The van der Waals surface area contributed by atoms with Crippen molar-refractivity contribution in [2.24, 2.45) is 5.92 Å². The summed E-state index contributed by atoms with van der Waals surface area (Å²) in [5, 5.41) is 14.0. The first-order chi connectivity index (χ1) is 12.9. The molecular weight excluding hydrogens is 344 g/mol. The van der Waals surface area contributed by atoms with Crippen LogP contribution in [0.15, 0.2) is 30.3 Å². The minimum Gasteiger partial charge on any atom is -0.388 e. The molecule has 6 heteroatoms. The van der Waals surface area contributed by atoms with Crippen molar-refractivity contribution in [3.8, 4) is 0 Å². The van der Waals surface area contributed by atoms with Crippen molar-refractivity contribution >= 4 is 11.8 Å². The molecule has 2 N–H and O–H groups in total. The molecule has 6 nitrogen and oxygen atoms in total. The van der Waals surface area contributed by atoms with Crippen LogP contribution in [-0.2, 0) is 14.3 Å². The first-order valence-corrected chi connectivity index (χ1v) is 9.71. The van der Waals surface area contributed by atoms with E-state index in [9.17, 15) is 14.7 Å². The second-order valence-electron chi connectivity index (χ2n) is 7.49. The minimum atomic E-state index is -1.13. The zero-order valence-electron chi connectivity index (χ0n) is 16.8. The summed E-state index contributed by atoms with van der Waals surface area (Å²) >= 11 is 0. The number of amides is 2. The standard InChI is InChI=1S/C21H32N2O4/c1-5-15(6-2)20(25)23-13-12-21(3,26)19(22-17(24)14-27-4)18(23)16-10-8-7-9-11-16/h7-11,15,18-19,26H,5-6,12-14H2,1-4H3,(H,22,24)/t18-,19-,21+/m0/s1. The zero-order valence-corrected chi connectivity index (χ0v) is 16.8. The largest absolute Gasteiger partial charge is 0.388 e. The molecule has 1 aliphatic rings. The summed E-state index contributed by atoms with van der Waals surface area (Å²) in [5.74, 6) is -0.287. The van der Waals surface area contributed by atoms with E-state index in [1.807, 2.05) is 49.1 Å². The molecule has 1 saturated heterocycles. The number of aliphatic hydroxyl groups is 1. The maximum atomic E-state index is 13.2.